The third-order valence-electron chi connectivity index (χ3n) is 3.45. The van der Waals surface area contributed by atoms with Crippen molar-refractivity contribution in [1.82, 2.24) is 9.88 Å². The highest BCUT2D eigenvalue weighted by Gasteiger charge is 2.18. The van der Waals surface area contributed by atoms with Crippen molar-refractivity contribution < 1.29 is 4.79 Å². The first-order valence-corrected chi connectivity index (χ1v) is 10.3. The molecule has 0 aliphatic carbocycles. The van der Waals surface area contributed by atoms with Crippen LogP contribution in [0.5, 0.6) is 0 Å². The summed E-state index contributed by atoms with van der Waals surface area (Å²) in [5, 5.41) is 3.21. The summed E-state index contributed by atoms with van der Waals surface area (Å²) in [6, 6.07) is 7.96. The molecule has 6 heteroatoms. The largest absolute Gasteiger partial charge is 0.337 e. The van der Waals surface area contributed by atoms with Crippen molar-refractivity contribution in [3.05, 3.63) is 45.9 Å². The molecule has 1 amide bonds. The van der Waals surface area contributed by atoms with E-state index < -0.39 is 0 Å². The number of aryl methyl sites for hydroxylation is 1. The quantitative estimate of drug-likeness (QED) is 0.782. The van der Waals surface area contributed by atoms with Gasteiger partial charge in [0.05, 0.1) is 10.7 Å². The fourth-order valence-corrected chi connectivity index (χ4v) is 4.69. The fraction of sp³-hybridized carbons (Fsp3) is 0.375. The van der Waals surface area contributed by atoms with Gasteiger partial charge in [-0.05, 0) is 31.2 Å². The first kappa shape index (κ1) is 15.9. The Morgan fingerprint density at radius 3 is 2.64 bits per heavy atom. The van der Waals surface area contributed by atoms with E-state index in [9.17, 15) is 4.79 Å². The summed E-state index contributed by atoms with van der Waals surface area (Å²) >= 11 is 5.36. The average molecular weight is 351 g/mol. The minimum absolute atomic E-state index is 0.159. The summed E-state index contributed by atoms with van der Waals surface area (Å²) in [6.45, 7) is 3.75. The van der Waals surface area contributed by atoms with Crippen molar-refractivity contribution in [3.8, 4) is 0 Å². The molecule has 22 heavy (non-hydrogen) atoms. The Kier molecular flexibility index (Phi) is 5.44. The summed E-state index contributed by atoms with van der Waals surface area (Å²) in [4.78, 5) is 20.0. The minimum Gasteiger partial charge on any atom is -0.337 e. The van der Waals surface area contributed by atoms with Crippen LogP contribution in [0, 0.1) is 6.92 Å². The van der Waals surface area contributed by atoms with Crippen LogP contribution in [-0.4, -0.2) is 40.4 Å². The minimum atomic E-state index is 0.159. The summed E-state index contributed by atoms with van der Waals surface area (Å²) in [5.41, 5.74) is 1.92. The van der Waals surface area contributed by atoms with Gasteiger partial charge in [0.2, 0.25) is 0 Å². The van der Waals surface area contributed by atoms with Crippen LogP contribution in [0.2, 0.25) is 0 Å². The second kappa shape index (κ2) is 7.53. The molecule has 2 aromatic rings. The highest BCUT2D eigenvalue weighted by atomic mass is 32.2. The van der Waals surface area contributed by atoms with Gasteiger partial charge in [0.25, 0.3) is 5.91 Å². The van der Waals surface area contributed by atoms with Crippen LogP contribution in [0.15, 0.2) is 34.5 Å². The molecule has 3 rings (SSSR count). The van der Waals surface area contributed by atoms with Gasteiger partial charge in [0.1, 0.15) is 0 Å². The van der Waals surface area contributed by atoms with Crippen LogP contribution in [0.3, 0.4) is 0 Å². The number of amides is 1. The number of carbonyl (C=O) groups is 1. The predicted molar refractivity (Wildman–Crippen MR) is 96.1 cm³/mol. The lowest BCUT2D eigenvalue weighted by Crippen LogP contribution is -2.37. The van der Waals surface area contributed by atoms with Crippen LogP contribution in [0.25, 0.3) is 0 Å². The first-order valence-electron chi connectivity index (χ1n) is 7.23. The van der Waals surface area contributed by atoms with E-state index >= 15 is 0 Å². The molecule has 2 heterocycles. The number of thioether (sulfide) groups is 2. The molecule has 1 saturated heterocycles. The number of benzene rings is 1. The molecular formula is C16H18N2OS3. The zero-order valence-corrected chi connectivity index (χ0v) is 14.9. The topological polar surface area (TPSA) is 33.2 Å². The molecule has 0 spiro atoms. The first-order chi connectivity index (χ1) is 10.7. The summed E-state index contributed by atoms with van der Waals surface area (Å²) in [6.07, 6.45) is 0. The Hall–Kier alpha value is -0.980. The number of rotatable bonds is 4. The standard InChI is InChI=1S/C16H18N2OS3/c1-12-17-14(10-21-12)11-22-15-4-2-13(3-5-15)16(19)18-6-8-20-9-7-18/h2-5,10H,6-9,11H2,1H3. The normalized spacial score (nSPS) is 15.0. The molecule has 0 atom stereocenters. The van der Waals surface area contributed by atoms with E-state index in [1.165, 1.54) is 4.90 Å². The monoisotopic (exact) mass is 350 g/mol. The van der Waals surface area contributed by atoms with Crippen LogP contribution in [0.4, 0.5) is 0 Å². The number of aromatic nitrogens is 1. The highest BCUT2D eigenvalue weighted by Crippen LogP contribution is 2.24. The summed E-state index contributed by atoms with van der Waals surface area (Å²) < 4.78 is 0. The number of carbonyl (C=O) groups excluding carboxylic acids is 1. The molecule has 0 saturated carbocycles. The Morgan fingerprint density at radius 2 is 2.00 bits per heavy atom. The van der Waals surface area contributed by atoms with Crippen molar-refractivity contribution in [2.75, 3.05) is 24.6 Å². The maximum absolute atomic E-state index is 12.4. The molecule has 0 N–H and O–H groups in total. The fourth-order valence-electron chi connectivity index (χ4n) is 2.27. The van der Waals surface area contributed by atoms with Gasteiger partial charge < -0.3 is 4.90 Å². The SMILES string of the molecule is Cc1nc(CSc2ccc(C(=O)N3CCSCC3)cc2)cs1. The van der Waals surface area contributed by atoms with E-state index in [-0.39, 0.29) is 5.91 Å². The van der Waals surface area contributed by atoms with E-state index in [2.05, 4.69) is 10.4 Å². The van der Waals surface area contributed by atoms with Gasteiger partial charge in [-0.3, -0.25) is 4.79 Å². The molecule has 0 bridgehead atoms. The van der Waals surface area contributed by atoms with E-state index in [4.69, 9.17) is 0 Å². The average Bonchev–Trinajstić information content (AvgIpc) is 2.99. The number of hydrogen-bond donors (Lipinski definition) is 0. The molecule has 1 aromatic heterocycles. The third kappa shape index (κ3) is 4.06. The third-order valence-corrected chi connectivity index (χ3v) is 6.26. The van der Waals surface area contributed by atoms with Gasteiger partial charge in [0, 0.05) is 46.2 Å². The Bertz CT molecular complexity index is 633. The van der Waals surface area contributed by atoms with Gasteiger partial charge in [0.15, 0.2) is 0 Å². The van der Waals surface area contributed by atoms with Crippen molar-refractivity contribution >= 4 is 40.8 Å². The molecular weight excluding hydrogens is 332 g/mol. The summed E-state index contributed by atoms with van der Waals surface area (Å²) in [5.74, 6) is 3.13. The second-order valence-corrected chi connectivity index (χ2v) is 8.41. The Morgan fingerprint density at radius 1 is 1.27 bits per heavy atom. The van der Waals surface area contributed by atoms with Crippen LogP contribution in [0.1, 0.15) is 21.1 Å². The predicted octanol–water partition coefficient (Wildman–Crippen LogP) is 3.93. The molecule has 1 aromatic carbocycles. The zero-order chi connectivity index (χ0) is 15.4. The smallest absolute Gasteiger partial charge is 0.253 e. The lowest BCUT2D eigenvalue weighted by molar-refractivity contribution is 0.0772. The molecule has 0 unspecified atom stereocenters. The van der Waals surface area contributed by atoms with Crippen molar-refractivity contribution in [2.24, 2.45) is 0 Å². The molecule has 1 aliphatic heterocycles. The van der Waals surface area contributed by atoms with E-state index in [0.717, 1.165) is 46.6 Å². The Labute approximate surface area is 143 Å². The lowest BCUT2D eigenvalue weighted by atomic mass is 10.2. The summed E-state index contributed by atoms with van der Waals surface area (Å²) in [7, 11) is 0. The number of thiazole rings is 1. The van der Waals surface area contributed by atoms with Crippen molar-refractivity contribution in [2.45, 2.75) is 17.6 Å². The van der Waals surface area contributed by atoms with Crippen molar-refractivity contribution in [3.63, 3.8) is 0 Å². The second-order valence-electron chi connectivity index (χ2n) is 5.08. The molecule has 116 valence electrons. The lowest BCUT2D eigenvalue weighted by Gasteiger charge is -2.26. The molecule has 3 nitrogen and oxygen atoms in total. The van der Waals surface area contributed by atoms with Crippen molar-refractivity contribution in [1.29, 1.82) is 0 Å². The van der Waals surface area contributed by atoms with Crippen LogP contribution >= 0.6 is 34.9 Å². The van der Waals surface area contributed by atoms with Crippen LogP contribution < -0.4 is 0 Å². The number of nitrogens with zero attached hydrogens (tertiary/aromatic N) is 2. The van der Waals surface area contributed by atoms with Gasteiger partial charge in [-0.2, -0.15) is 11.8 Å². The molecule has 1 aliphatic rings. The van der Waals surface area contributed by atoms with E-state index in [1.54, 1.807) is 23.1 Å². The zero-order valence-electron chi connectivity index (χ0n) is 12.4. The van der Waals surface area contributed by atoms with E-state index in [1.807, 2.05) is 47.9 Å². The van der Waals surface area contributed by atoms with Crippen LogP contribution in [-0.2, 0) is 5.75 Å². The molecule has 0 radical (unpaired) electrons. The number of hydrogen-bond acceptors (Lipinski definition) is 5. The molecule has 1 fully saturated rings. The highest BCUT2D eigenvalue weighted by molar-refractivity contribution is 7.99. The maximum Gasteiger partial charge on any atom is 0.253 e. The van der Waals surface area contributed by atoms with Gasteiger partial charge >= 0.3 is 0 Å². The van der Waals surface area contributed by atoms with E-state index in [0.29, 0.717) is 0 Å². The Balaban J connectivity index is 1.58. The van der Waals surface area contributed by atoms with Gasteiger partial charge in [-0.25, -0.2) is 4.98 Å². The van der Waals surface area contributed by atoms with Gasteiger partial charge in [-0.1, -0.05) is 0 Å². The van der Waals surface area contributed by atoms with Gasteiger partial charge in [-0.15, -0.1) is 23.1 Å². The maximum atomic E-state index is 12.4.